The van der Waals surface area contributed by atoms with Crippen molar-refractivity contribution in [3.63, 3.8) is 0 Å². The standard InChI is InChI=1S/C21H28N2O5S/c24-18-6-8-20(9-7-18)28-16-19(25)15-22-14-17-10-12-23(13-11-17)29(26,27)21-4-2-1-3-5-21/h1-9,17,19,22,24-25H,10-16H2/t19-/m0/s1. The number of piperidine rings is 1. The van der Waals surface area contributed by atoms with Gasteiger partial charge in [0.15, 0.2) is 0 Å². The summed E-state index contributed by atoms with van der Waals surface area (Å²) in [6.07, 6.45) is 0.931. The number of hydrogen-bond donors (Lipinski definition) is 3. The van der Waals surface area contributed by atoms with Crippen LogP contribution in [0.2, 0.25) is 0 Å². The van der Waals surface area contributed by atoms with Gasteiger partial charge in [-0.3, -0.25) is 0 Å². The topological polar surface area (TPSA) is 99.1 Å². The highest BCUT2D eigenvalue weighted by Gasteiger charge is 2.29. The van der Waals surface area contributed by atoms with E-state index in [9.17, 15) is 18.6 Å². The Hall–Kier alpha value is -2.13. The molecule has 2 aromatic carbocycles. The predicted molar refractivity (Wildman–Crippen MR) is 110 cm³/mol. The molecule has 0 aliphatic carbocycles. The number of nitrogens with zero attached hydrogens (tertiary/aromatic N) is 1. The second kappa shape index (κ2) is 10.1. The number of aliphatic hydroxyl groups excluding tert-OH is 1. The van der Waals surface area contributed by atoms with E-state index in [2.05, 4.69) is 5.32 Å². The molecule has 1 atom stereocenters. The number of phenols is 1. The van der Waals surface area contributed by atoms with E-state index in [-0.39, 0.29) is 12.4 Å². The Morgan fingerprint density at radius 2 is 1.72 bits per heavy atom. The lowest BCUT2D eigenvalue weighted by Crippen LogP contribution is -2.42. The van der Waals surface area contributed by atoms with E-state index in [1.54, 1.807) is 46.8 Å². The monoisotopic (exact) mass is 420 g/mol. The molecule has 2 aromatic rings. The minimum atomic E-state index is -3.42. The molecular formula is C21H28N2O5S. The van der Waals surface area contributed by atoms with Gasteiger partial charge in [-0.1, -0.05) is 18.2 Å². The molecule has 3 N–H and O–H groups in total. The molecule has 0 spiro atoms. The third kappa shape index (κ3) is 6.17. The van der Waals surface area contributed by atoms with Crippen molar-refractivity contribution in [3.05, 3.63) is 54.6 Å². The van der Waals surface area contributed by atoms with Crippen molar-refractivity contribution in [1.29, 1.82) is 0 Å². The Bertz CT molecular complexity index is 850. The summed E-state index contributed by atoms with van der Waals surface area (Å²) in [5.41, 5.74) is 0. The smallest absolute Gasteiger partial charge is 0.243 e. The highest BCUT2D eigenvalue weighted by atomic mass is 32.2. The third-order valence-electron chi connectivity index (χ3n) is 5.05. The Morgan fingerprint density at radius 3 is 2.38 bits per heavy atom. The van der Waals surface area contributed by atoms with Gasteiger partial charge in [-0.15, -0.1) is 0 Å². The maximum absolute atomic E-state index is 12.7. The number of nitrogens with one attached hydrogen (secondary N) is 1. The third-order valence-corrected chi connectivity index (χ3v) is 6.96. The fraction of sp³-hybridized carbons (Fsp3) is 0.429. The molecule has 1 aliphatic heterocycles. The van der Waals surface area contributed by atoms with Gasteiger partial charge in [0.05, 0.1) is 4.90 Å². The molecular weight excluding hydrogens is 392 g/mol. The summed E-state index contributed by atoms with van der Waals surface area (Å²) in [7, 11) is -3.42. The van der Waals surface area contributed by atoms with Crippen LogP contribution in [0.5, 0.6) is 11.5 Å². The molecule has 0 saturated carbocycles. The Labute approximate surface area is 172 Å². The van der Waals surface area contributed by atoms with Gasteiger partial charge in [-0.25, -0.2) is 8.42 Å². The Morgan fingerprint density at radius 1 is 1.07 bits per heavy atom. The summed E-state index contributed by atoms with van der Waals surface area (Å²) in [5, 5.41) is 22.5. The number of hydrogen-bond acceptors (Lipinski definition) is 6. The zero-order valence-electron chi connectivity index (χ0n) is 16.3. The number of aromatic hydroxyl groups is 1. The molecule has 1 aliphatic rings. The molecule has 29 heavy (non-hydrogen) atoms. The first kappa shape index (κ1) is 21.6. The minimum absolute atomic E-state index is 0.158. The number of sulfonamides is 1. The van der Waals surface area contributed by atoms with Crippen molar-refractivity contribution < 1.29 is 23.4 Å². The molecule has 0 amide bonds. The molecule has 3 rings (SSSR count). The molecule has 0 radical (unpaired) electrons. The van der Waals surface area contributed by atoms with Gasteiger partial charge in [0, 0.05) is 19.6 Å². The van der Waals surface area contributed by atoms with Crippen LogP contribution in [0, 0.1) is 5.92 Å². The average molecular weight is 421 g/mol. The van der Waals surface area contributed by atoms with Crippen molar-refractivity contribution in [1.82, 2.24) is 9.62 Å². The lowest BCUT2D eigenvalue weighted by molar-refractivity contribution is 0.104. The molecule has 1 fully saturated rings. The zero-order chi connectivity index (χ0) is 20.7. The van der Waals surface area contributed by atoms with Gasteiger partial charge in [0.2, 0.25) is 10.0 Å². The molecule has 0 aromatic heterocycles. The van der Waals surface area contributed by atoms with Gasteiger partial charge in [0.1, 0.15) is 24.2 Å². The van der Waals surface area contributed by atoms with Crippen LogP contribution in [0.3, 0.4) is 0 Å². The number of aliphatic hydroxyl groups is 1. The maximum atomic E-state index is 12.7. The van der Waals surface area contributed by atoms with Crippen LogP contribution in [-0.4, -0.2) is 61.8 Å². The van der Waals surface area contributed by atoms with Crippen molar-refractivity contribution in [3.8, 4) is 11.5 Å². The van der Waals surface area contributed by atoms with Gasteiger partial charge in [-0.05, 0) is 61.7 Å². The van der Waals surface area contributed by atoms with Crippen molar-refractivity contribution in [2.45, 2.75) is 23.8 Å². The first-order valence-electron chi connectivity index (χ1n) is 9.81. The predicted octanol–water partition coefficient (Wildman–Crippen LogP) is 1.82. The largest absolute Gasteiger partial charge is 0.508 e. The average Bonchev–Trinajstić information content (AvgIpc) is 2.74. The van der Waals surface area contributed by atoms with Crippen LogP contribution in [0.25, 0.3) is 0 Å². The second-order valence-electron chi connectivity index (χ2n) is 7.28. The molecule has 1 saturated heterocycles. The molecule has 0 bridgehead atoms. The van der Waals surface area contributed by atoms with Crippen LogP contribution in [-0.2, 0) is 10.0 Å². The van der Waals surface area contributed by atoms with E-state index in [1.165, 1.54) is 12.1 Å². The summed E-state index contributed by atoms with van der Waals surface area (Å²) >= 11 is 0. The van der Waals surface area contributed by atoms with Crippen LogP contribution in [0.15, 0.2) is 59.5 Å². The van der Waals surface area contributed by atoms with E-state index in [0.717, 1.165) is 19.4 Å². The van der Waals surface area contributed by atoms with Gasteiger partial charge < -0.3 is 20.3 Å². The lowest BCUT2D eigenvalue weighted by atomic mass is 9.98. The summed E-state index contributed by atoms with van der Waals surface area (Å²) < 4.78 is 32.3. The van der Waals surface area contributed by atoms with Gasteiger partial charge in [0.25, 0.3) is 0 Å². The van der Waals surface area contributed by atoms with Crippen LogP contribution in [0.1, 0.15) is 12.8 Å². The SMILES string of the molecule is O=S(=O)(c1ccccc1)N1CCC(CNC[C@H](O)COc2ccc(O)cc2)CC1. The molecule has 1 heterocycles. The van der Waals surface area contributed by atoms with E-state index >= 15 is 0 Å². The minimum Gasteiger partial charge on any atom is -0.508 e. The maximum Gasteiger partial charge on any atom is 0.243 e. The van der Waals surface area contributed by atoms with Crippen LogP contribution >= 0.6 is 0 Å². The normalized spacial score (nSPS) is 17.1. The number of rotatable bonds is 9. The summed E-state index contributed by atoms with van der Waals surface area (Å²) in [6.45, 7) is 2.31. The summed E-state index contributed by atoms with van der Waals surface area (Å²) in [4.78, 5) is 0.341. The van der Waals surface area contributed by atoms with Crippen molar-refractivity contribution in [2.24, 2.45) is 5.92 Å². The highest BCUT2D eigenvalue weighted by Crippen LogP contribution is 2.23. The quantitative estimate of drug-likeness (QED) is 0.572. The summed E-state index contributed by atoms with van der Waals surface area (Å²) in [6, 6.07) is 14.9. The van der Waals surface area contributed by atoms with Crippen LogP contribution < -0.4 is 10.1 Å². The van der Waals surface area contributed by atoms with E-state index in [4.69, 9.17) is 4.74 Å². The molecule has 0 unspecified atom stereocenters. The molecule has 158 valence electrons. The first-order chi connectivity index (χ1) is 13.9. The van der Waals surface area contributed by atoms with E-state index in [1.807, 2.05) is 0 Å². The van der Waals surface area contributed by atoms with E-state index < -0.39 is 16.1 Å². The zero-order valence-corrected chi connectivity index (χ0v) is 17.1. The fourth-order valence-corrected chi connectivity index (χ4v) is 4.83. The molecule has 7 nitrogen and oxygen atoms in total. The van der Waals surface area contributed by atoms with E-state index in [0.29, 0.717) is 36.2 Å². The Kier molecular flexibility index (Phi) is 7.49. The molecule has 8 heteroatoms. The number of ether oxygens (including phenoxy) is 1. The van der Waals surface area contributed by atoms with Gasteiger partial charge in [-0.2, -0.15) is 4.31 Å². The van der Waals surface area contributed by atoms with Crippen molar-refractivity contribution in [2.75, 3.05) is 32.8 Å². The number of phenolic OH excluding ortho intramolecular Hbond substituents is 1. The Balaban J connectivity index is 1.35. The first-order valence-corrected chi connectivity index (χ1v) is 11.2. The fourth-order valence-electron chi connectivity index (χ4n) is 3.34. The lowest BCUT2D eigenvalue weighted by Gasteiger charge is -2.31. The highest BCUT2D eigenvalue weighted by molar-refractivity contribution is 7.89. The van der Waals surface area contributed by atoms with Gasteiger partial charge >= 0.3 is 0 Å². The second-order valence-corrected chi connectivity index (χ2v) is 9.22. The summed E-state index contributed by atoms with van der Waals surface area (Å²) in [5.74, 6) is 1.14. The van der Waals surface area contributed by atoms with Crippen molar-refractivity contribution >= 4 is 10.0 Å². The van der Waals surface area contributed by atoms with Crippen LogP contribution in [0.4, 0.5) is 0 Å². The number of benzene rings is 2.